The molecule has 36 heavy (non-hydrogen) atoms. The minimum Gasteiger partial charge on any atom is -0.497 e. The zero-order chi connectivity index (χ0) is 25.7. The van der Waals surface area contributed by atoms with Crippen LogP contribution in [0.25, 0.3) is 0 Å². The van der Waals surface area contributed by atoms with E-state index >= 15 is 0 Å². The Morgan fingerprint density at radius 1 is 1.11 bits per heavy atom. The van der Waals surface area contributed by atoms with Gasteiger partial charge in [-0.25, -0.2) is 4.39 Å². The topological polar surface area (TPSA) is 106 Å². The van der Waals surface area contributed by atoms with E-state index in [2.05, 4.69) is 15.7 Å². The summed E-state index contributed by atoms with van der Waals surface area (Å²) in [5, 5.41) is 9.83. The maximum absolute atomic E-state index is 13.5. The molecule has 3 aromatic rings. The molecule has 2 N–H and O–H groups in total. The van der Waals surface area contributed by atoms with Gasteiger partial charge >= 0.3 is 0 Å². The maximum Gasteiger partial charge on any atom is 0.276 e. The molecule has 0 saturated heterocycles. The van der Waals surface area contributed by atoms with E-state index < -0.39 is 11.7 Å². The molecule has 0 saturated carbocycles. The third-order valence-corrected chi connectivity index (χ3v) is 6.11. The van der Waals surface area contributed by atoms with E-state index in [1.807, 2.05) is 24.3 Å². The zero-order valence-electron chi connectivity index (χ0n) is 20.2. The molecule has 4 rings (SSSR count). The van der Waals surface area contributed by atoms with Crippen LogP contribution in [0.15, 0.2) is 48.5 Å². The number of benzene rings is 2. The van der Waals surface area contributed by atoms with Crippen LogP contribution in [0.1, 0.15) is 40.2 Å². The van der Waals surface area contributed by atoms with Crippen molar-refractivity contribution in [2.75, 3.05) is 19.0 Å². The van der Waals surface area contributed by atoms with Gasteiger partial charge in [0.2, 0.25) is 11.8 Å². The van der Waals surface area contributed by atoms with Gasteiger partial charge < -0.3 is 20.3 Å². The summed E-state index contributed by atoms with van der Waals surface area (Å²) in [5.74, 6) is -0.567. The fourth-order valence-corrected chi connectivity index (χ4v) is 4.16. The van der Waals surface area contributed by atoms with Crippen LogP contribution in [-0.2, 0) is 36.1 Å². The number of nitrogens with zero attached hydrogens (tertiary/aromatic N) is 3. The molecule has 0 fully saturated rings. The second-order valence-electron chi connectivity index (χ2n) is 8.55. The highest BCUT2D eigenvalue weighted by Gasteiger charge is 2.29. The summed E-state index contributed by atoms with van der Waals surface area (Å²) < 4.78 is 20.2. The van der Waals surface area contributed by atoms with E-state index in [9.17, 15) is 18.8 Å². The molecule has 1 aliphatic rings. The number of carbonyl (C=O) groups is 3. The summed E-state index contributed by atoms with van der Waals surface area (Å²) in [6, 6.07) is 13.0. The first-order valence-electron chi connectivity index (χ1n) is 11.6. The molecule has 0 spiro atoms. The van der Waals surface area contributed by atoms with Crippen LogP contribution in [0.5, 0.6) is 5.75 Å². The smallest absolute Gasteiger partial charge is 0.276 e. The van der Waals surface area contributed by atoms with E-state index in [0.717, 1.165) is 17.0 Å². The van der Waals surface area contributed by atoms with Gasteiger partial charge in [-0.15, -0.1) is 0 Å². The third kappa shape index (κ3) is 5.88. The van der Waals surface area contributed by atoms with Crippen LogP contribution >= 0.6 is 0 Å². The molecule has 9 nitrogen and oxygen atoms in total. The normalized spacial score (nSPS) is 12.6. The Balaban J connectivity index is 1.32. The molecular formula is C26H28FN5O4. The Hall–Kier alpha value is -4.21. The predicted molar refractivity (Wildman–Crippen MR) is 131 cm³/mol. The lowest BCUT2D eigenvalue weighted by atomic mass is 10.0. The van der Waals surface area contributed by atoms with Gasteiger partial charge in [0.1, 0.15) is 11.6 Å². The second kappa shape index (κ2) is 11.0. The number of aryl methyl sites for hydroxylation is 1. The van der Waals surface area contributed by atoms with Crippen molar-refractivity contribution in [1.82, 2.24) is 20.0 Å². The lowest BCUT2D eigenvalue weighted by Crippen LogP contribution is -2.37. The number of ether oxygens (including phenoxy) is 1. The maximum atomic E-state index is 13.5. The van der Waals surface area contributed by atoms with Crippen LogP contribution in [-0.4, -0.2) is 46.1 Å². The Labute approximate surface area is 208 Å². The lowest BCUT2D eigenvalue weighted by Gasteiger charge is -2.27. The average Bonchev–Trinajstić information content (AvgIpc) is 3.22. The Morgan fingerprint density at radius 2 is 1.89 bits per heavy atom. The van der Waals surface area contributed by atoms with E-state index in [1.54, 1.807) is 29.8 Å². The minimum atomic E-state index is -0.468. The van der Waals surface area contributed by atoms with Gasteiger partial charge in [0.05, 0.1) is 7.11 Å². The molecule has 1 aromatic heterocycles. The number of methoxy groups -OCH3 is 1. The molecule has 0 radical (unpaired) electrons. The van der Waals surface area contributed by atoms with Crippen LogP contribution in [0.4, 0.5) is 10.1 Å². The molecule has 3 amide bonds. The fraction of sp³-hybridized carbons (Fsp3) is 0.308. The standard InChI is InChI=1S/C26H28FN5O4/c1-31-22-12-13-32(16-21(22)25(30-31)26(35)29-19-5-3-4-18(27)14-19)24(34)11-10-23(33)28-15-17-6-8-20(36-2)9-7-17/h3-9,14H,10-13,15-16H2,1-2H3,(H,28,33)(H,29,35). The number of anilines is 1. The summed E-state index contributed by atoms with van der Waals surface area (Å²) in [5.41, 5.74) is 2.99. The van der Waals surface area contributed by atoms with Crippen LogP contribution in [0.2, 0.25) is 0 Å². The third-order valence-electron chi connectivity index (χ3n) is 6.11. The van der Waals surface area contributed by atoms with Crippen LogP contribution in [0.3, 0.4) is 0 Å². The first-order valence-corrected chi connectivity index (χ1v) is 11.6. The molecule has 10 heteroatoms. The molecule has 0 bridgehead atoms. The Kier molecular flexibility index (Phi) is 7.62. The molecule has 0 atom stereocenters. The van der Waals surface area contributed by atoms with Gasteiger partial charge in [-0.05, 0) is 35.9 Å². The van der Waals surface area contributed by atoms with Crippen molar-refractivity contribution in [2.24, 2.45) is 7.05 Å². The van der Waals surface area contributed by atoms with Crippen molar-refractivity contribution < 1.29 is 23.5 Å². The summed E-state index contributed by atoms with van der Waals surface area (Å²) >= 11 is 0. The average molecular weight is 494 g/mol. The highest BCUT2D eigenvalue weighted by atomic mass is 19.1. The van der Waals surface area contributed by atoms with Gasteiger partial charge in [-0.2, -0.15) is 5.10 Å². The number of aromatic nitrogens is 2. The molecule has 1 aliphatic heterocycles. The number of nitrogens with one attached hydrogen (secondary N) is 2. The van der Waals surface area contributed by atoms with Crippen LogP contribution < -0.4 is 15.4 Å². The minimum absolute atomic E-state index is 0.0643. The summed E-state index contributed by atoms with van der Waals surface area (Å²) in [6.45, 7) is 1.06. The molecule has 0 unspecified atom stereocenters. The van der Waals surface area contributed by atoms with Gasteiger partial charge in [-0.1, -0.05) is 18.2 Å². The largest absolute Gasteiger partial charge is 0.497 e. The first kappa shape index (κ1) is 24.9. The second-order valence-corrected chi connectivity index (χ2v) is 8.55. The first-order chi connectivity index (χ1) is 17.3. The van der Waals surface area contributed by atoms with Gasteiger partial charge in [0.25, 0.3) is 5.91 Å². The van der Waals surface area contributed by atoms with E-state index in [-0.39, 0.29) is 36.9 Å². The number of halogens is 1. The monoisotopic (exact) mass is 493 g/mol. The SMILES string of the molecule is COc1ccc(CNC(=O)CCC(=O)N2CCc3c(c(C(=O)Nc4cccc(F)c4)nn3C)C2)cc1. The van der Waals surface area contributed by atoms with Gasteiger partial charge in [0.15, 0.2) is 5.69 Å². The van der Waals surface area contributed by atoms with Gasteiger partial charge in [0, 0.05) is 62.9 Å². The summed E-state index contributed by atoms with van der Waals surface area (Å²) in [7, 11) is 3.34. The van der Waals surface area contributed by atoms with Crippen molar-refractivity contribution in [3.63, 3.8) is 0 Å². The number of carbonyl (C=O) groups excluding carboxylic acids is 3. The van der Waals surface area contributed by atoms with Gasteiger partial charge in [-0.3, -0.25) is 19.1 Å². The molecule has 2 aromatic carbocycles. The van der Waals surface area contributed by atoms with E-state index in [1.165, 1.54) is 18.2 Å². The highest BCUT2D eigenvalue weighted by molar-refractivity contribution is 6.04. The van der Waals surface area contributed by atoms with Crippen molar-refractivity contribution in [2.45, 2.75) is 32.4 Å². The number of hydrogen-bond donors (Lipinski definition) is 2. The molecule has 0 aliphatic carbocycles. The predicted octanol–water partition coefficient (Wildman–Crippen LogP) is 2.80. The summed E-state index contributed by atoms with van der Waals surface area (Å²) in [4.78, 5) is 39.6. The fourth-order valence-electron chi connectivity index (χ4n) is 4.16. The zero-order valence-corrected chi connectivity index (χ0v) is 20.2. The molecule has 2 heterocycles. The van der Waals surface area contributed by atoms with Crippen LogP contribution in [0, 0.1) is 5.82 Å². The van der Waals surface area contributed by atoms with Crippen molar-refractivity contribution >= 4 is 23.4 Å². The number of amides is 3. The Morgan fingerprint density at radius 3 is 2.61 bits per heavy atom. The number of hydrogen-bond acceptors (Lipinski definition) is 5. The van der Waals surface area contributed by atoms with Crippen molar-refractivity contribution in [3.05, 3.63) is 76.9 Å². The molecule has 188 valence electrons. The molecular weight excluding hydrogens is 465 g/mol. The summed E-state index contributed by atoms with van der Waals surface area (Å²) in [6.07, 6.45) is 0.675. The Bertz CT molecular complexity index is 1270. The lowest BCUT2D eigenvalue weighted by molar-refractivity contribution is -0.134. The number of fused-ring (bicyclic) bond motifs is 1. The van der Waals surface area contributed by atoms with E-state index in [0.29, 0.717) is 30.8 Å². The number of rotatable bonds is 8. The van der Waals surface area contributed by atoms with Crippen molar-refractivity contribution in [1.29, 1.82) is 0 Å². The van der Waals surface area contributed by atoms with Crippen molar-refractivity contribution in [3.8, 4) is 5.75 Å². The van der Waals surface area contributed by atoms with E-state index in [4.69, 9.17) is 4.74 Å². The quantitative estimate of drug-likeness (QED) is 0.502. The highest BCUT2D eigenvalue weighted by Crippen LogP contribution is 2.24.